The van der Waals surface area contributed by atoms with E-state index in [1.807, 2.05) is 6.20 Å². The van der Waals surface area contributed by atoms with Gasteiger partial charge in [0.25, 0.3) is 0 Å². The van der Waals surface area contributed by atoms with Crippen molar-refractivity contribution in [2.45, 2.75) is 19.5 Å². The van der Waals surface area contributed by atoms with E-state index in [-0.39, 0.29) is 12.4 Å². The van der Waals surface area contributed by atoms with Gasteiger partial charge in [-0.15, -0.1) is 23.7 Å². The molecule has 1 aliphatic heterocycles. The highest BCUT2D eigenvalue weighted by Gasteiger charge is 2.18. The van der Waals surface area contributed by atoms with Gasteiger partial charge in [0.05, 0.1) is 16.8 Å². The number of hydrogen-bond donors (Lipinski definition) is 2. The number of halogens is 1. The maximum absolute atomic E-state index is 4.20. The van der Waals surface area contributed by atoms with Gasteiger partial charge in [-0.3, -0.25) is 10.00 Å². The third-order valence-electron chi connectivity index (χ3n) is 3.33. The molecule has 0 saturated carbocycles. The average Bonchev–Trinajstić information content (AvgIpc) is 2.98. The second kappa shape index (κ2) is 6.52. The van der Waals surface area contributed by atoms with Gasteiger partial charge in [0.2, 0.25) is 0 Å². The van der Waals surface area contributed by atoms with Crippen LogP contribution in [0.25, 0.3) is 10.6 Å². The van der Waals surface area contributed by atoms with Gasteiger partial charge < -0.3 is 5.32 Å². The van der Waals surface area contributed by atoms with E-state index in [0.717, 1.165) is 26.2 Å². The van der Waals surface area contributed by atoms with E-state index in [4.69, 9.17) is 0 Å². The molecule has 0 amide bonds. The van der Waals surface area contributed by atoms with Gasteiger partial charge in [0.1, 0.15) is 0 Å². The van der Waals surface area contributed by atoms with E-state index in [2.05, 4.69) is 44.9 Å². The van der Waals surface area contributed by atoms with Crippen molar-refractivity contribution in [3.8, 4) is 10.6 Å². The SMILES string of the molecule is C[C@@H]1CN(Cc2cn[nH]c2-c2cccs2)CCN1.Cl. The van der Waals surface area contributed by atoms with Crippen LogP contribution < -0.4 is 5.32 Å². The highest BCUT2D eigenvalue weighted by atomic mass is 35.5. The van der Waals surface area contributed by atoms with E-state index in [0.29, 0.717) is 6.04 Å². The lowest BCUT2D eigenvalue weighted by molar-refractivity contribution is 0.200. The van der Waals surface area contributed by atoms with Crippen molar-refractivity contribution in [2.75, 3.05) is 19.6 Å². The van der Waals surface area contributed by atoms with Crippen LogP contribution in [0.15, 0.2) is 23.7 Å². The second-order valence-corrected chi connectivity index (χ2v) is 5.79. The zero-order valence-electron chi connectivity index (χ0n) is 10.9. The molecule has 1 fully saturated rings. The van der Waals surface area contributed by atoms with Gasteiger partial charge in [0.15, 0.2) is 0 Å². The van der Waals surface area contributed by atoms with Crippen LogP contribution in [0.3, 0.4) is 0 Å². The third kappa shape index (κ3) is 3.36. The van der Waals surface area contributed by atoms with E-state index in [1.54, 1.807) is 11.3 Å². The fourth-order valence-electron chi connectivity index (χ4n) is 2.46. The summed E-state index contributed by atoms with van der Waals surface area (Å²) in [5.74, 6) is 0. The Bertz CT molecular complexity index is 496. The molecule has 0 radical (unpaired) electrons. The van der Waals surface area contributed by atoms with E-state index < -0.39 is 0 Å². The fraction of sp³-hybridized carbons (Fsp3) is 0.462. The largest absolute Gasteiger partial charge is 0.312 e. The van der Waals surface area contributed by atoms with Crippen molar-refractivity contribution < 1.29 is 0 Å². The number of nitrogens with one attached hydrogen (secondary N) is 2. The lowest BCUT2D eigenvalue weighted by Crippen LogP contribution is -2.48. The summed E-state index contributed by atoms with van der Waals surface area (Å²) in [5.41, 5.74) is 2.47. The van der Waals surface area contributed by atoms with Crippen LogP contribution in [0.5, 0.6) is 0 Å². The Balaban J connectivity index is 0.00000133. The molecule has 2 N–H and O–H groups in total. The third-order valence-corrected chi connectivity index (χ3v) is 4.22. The number of aromatic amines is 1. The lowest BCUT2D eigenvalue weighted by atomic mass is 10.1. The monoisotopic (exact) mass is 298 g/mol. The number of aromatic nitrogens is 2. The average molecular weight is 299 g/mol. The van der Waals surface area contributed by atoms with Crippen LogP contribution in [-0.4, -0.2) is 40.8 Å². The molecule has 4 nitrogen and oxygen atoms in total. The molecular weight excluding hydrogens is 280 g/mol. The normalized spacial score (nSPS) is 20.2. The number of hydrogen-bond acceptors (Lipinski definition) is 4. The van der Waals surface area contributed by atoms with Crippen molar-refractivity contribution in [1.29, 1.82) is 0 Å². The Hall–Kier alpha value is -0.880. The number of nitrogens with zero attached hydrogens (tertiary/aromatic N) is 2. The predicted molar refractivity (Wildman–Crippen MR) is 81.9 cm³/mol. The lowest BCUT2D eigenvalue weighted by Gasteiger charge is -2.31. The van der Waals surface area contributed by atoms with Gasteiger partial charge in [-0.25, -0.2) is 0 Å². The molecule has 2 aromatic heterocycles. The maximum atomic E-state index is 4.20. The van der Waals surface area contributed by atoms with Gasteiger partial charge >= 0.3 is 0 Å². The molecule has 0 bridgehead atoms. The summed E-state index contributed by atoms with van der Waals surface area (Å²) < 4.78 is 0. The second-order valence-electron chi connectivity index (χ2n) is 4.84. The van der Waals surface area contributed by atoms with E-state index >= 15 is 0 Å². The molecule has 1 atom stereocenters. The molecule has 3 rings (SSSR count). The van der Waals surface area contributed by atoms with Crippen molar-refractivity contribution in [3.63, 3.8) is 0 Å². The molecular formula is C13H19ClN4S. The Morgan fingerprint density at radius 1 is 1.53 bits per heavy atom. The van der Waals surface area contributed by atoms with Crippen molar-refractivity contribution in [3.05, 3.63) is 29.3 Å². The number of thiophene rings is 1. The van der Waals surface area contributed by atoms with Crippen LogP contribution in [0.4, 0.5) is 0 Å². The number of H-pyrrole nitrogens is 1. The van der Waals surface area contributed by atoms with Crippen LogP contribution in [0.1, 0.15) is 12.5 Å². The molecule has 0 aromatic carbocycles. The molecule has 19 heavy (non-hydrogen) atoms. The molecule has 0 unspecified atom stereocenters. The summed E-state index contributed by atoms with van der Waals surface area (Å²) in [7, 11) is 0. The van der Waals surface area contributed by atoms with Gasteiger partial charge in [-0.1, -0.05) is 6.07 Å². The molecule has 1 saturated heterocycles. The molecule has 2 aromatic rings. The minimum Gasteiger partial charge on any atom is -0.312 e. The first kappa shape index (κ1) is 14.5. The smallest absolute Gasteiger partial charge is 0.0794 e. The van der Waals surface area contributed by atoms with Crippen molar-refractivity contribution in [2.24, 2.45) is 0 Å². The summed E-state index contributed by atoms with van der Waals surface area (Å²) in [6.07, 6.45) is 1.96. The first-order valence-corrected chi connectivity index (χ1v) is 7.23. The first-order chi connectivity index (χ1) is 8.83. The van der Waals surface area contributed by atoms with Crippen molar-refractivity contribution in [1.82, 2.24) is 20.4 Å². The molecule has 3 heterocycles. The van der Waals surface area contributed by atoms with Gasteiger partial charge in [0, 0.05) is 37.8 Å². The fourth-order valence-corrected chi connectivity index (χ4v) is 3.22. The number of piperazine rings is 1. The van der Waals surface area contributed by atoms with E-state index in [1.165, 1.54) is 16.1 Å². The Kier molecular flexibility index (Phi) is 4.99. The number of rotatable bonds is 3. The Morgan fingerprint density at radius 3 is 3.16 bits per heavy atom. The van der Waals surface area contributed by atoms with Crippen LogP contribution in [0, 0.1) is 0 Å². The van der Waals surface area contributed by atoms with Crippen LogP contribution >= 0.6 is 23.7 Å². The van der Waals surface area contributed by atoms with Gasteiger partial charge in [-0.2, -0.15) is 5.10 Å². The molecule has 0 spiro atoms. The quantitative estimate of drug-likeness (QED) is 0.914. The highest BCUT2D eigenvalue weighted by molar-refractivity contribution is 7.13. The highest BCUT2D eigenvalue weighted by Crippen LogP contribution is 2.26. The van der Waals surface area contributed by atoms with Gasteiger partial charge in [-0.05, 0) is 18.4 Å². The zero-order valence-corrected chi connectivity index (χ0v) is 12.6. The summed E-state index contributed by atoms with van der Waals surface area (Å²) in [4.78, 5) is 3.76. The predicted octanol–water partition coefficient (Wildman–Crippen LogP) is 2.35. The van der Waals surface area contributed by atoms with Crippen molar-refractivity contribution >= 4 is 23.7 Å². The zero-order chi connectivity index (χ0) is 12.4. The minimum atomic E-state index is 0. The summed E-state index contributed by atoms with van der Waals surface area (Å²) >= 11 is 1.76. The summed E-state index contributed by atoms with van der Waals surface area (Å²) in [5, 5.41) is 12.9. The van der Waals surface area contributed by atoms with E-state index in [9.17, 15) is 0 Å². The topological polar surface area (TPSA) is 44.0 Å². The Labute approximate surface area is 123 Å². The standard InChI is InChI=1S/C13H18N4S.ClH/c1-10-8-17(5-4-14-10)9-11-7-15-16-13(11)12-3-2-6-18-12;/h2-3,6-7,10,14H,4-5,8-9H2,1H3,(H,15,16);1H/t10-;/m1./s1. The summed E-state index contributed by atoms with van der Waals surface area (Å²) in [6.45, 7) is 6.51. The summed E-state index contributed by atoms with van der Waals surface area (Å²) in [6, 6.07) is 4.80. The maximum Gasteiger partial charge on any atom is 0.0794 e. The Morgan fingerprint density at radius 2 is 2.42 bits per heavy atom. The minimum absolute atomic E-state index is 0. The molecule has 0 aliphatic carbocycles. The van der Waals surface area contributed by atoms with Crippen LogP contribution in [-0.2, 0) is 6.54 Å². The molecule has 1 aliphatic rings. The molecule has 104 valence electrons. The first-order valence-electron chi connectivity index (χ1n) is 6.35. The molecule has 6 heteroatoms. The van der Waals surface area contributed by atoms with Crippen LogP contribution in [0.2, 0.25) is 0 Å².